The fraction of sp³-hybridized carbons (Fsp3) is 0.500. The lowest BCUT2D eigenvalue weighted by molar-refractivity contribution is 0.0800. The van der Waals surface area contributed by atoms with Gasteiger partial charge in [0.05, 0.1) is 6.10 Å². The maximum Gasteiger partial charge on any atom is 0.137 e. The molecule has 0 saturated carbocycles. The molecule has 0 spiro atoms. The highest BCUT2D eigenvalue weighted by Crippen LogP contribution is 2.21. The molecule has 0 radical (unpaired) electrons. The van der Waals surface area contributed by atoms with Gasteiger partial charge in [-0.05, 0) is 30.9 Å². The van der Waals surface area contributed by atoms with Crippen molar-refractivity contribution < 1.29 is 5.11 Å². The summed E-state index contributed by atoms with van der Waals surface area (Å²) in [5, 5.41) is 14.5. The Bertz CT molecular complexity index is 528. The molecule has 5 heteroatoms. The molecular formula is C16H22N4O. The first-order valence-electron chi connectivity index (χ1n) is 7.59. The lowest BCUT2D eigenvalue weighted by Gasteiger charge is -2.33. The number of β-amino-alcohol motifs (C(OH)–C–C–N with tert-alkyl or cyclic N) is 1. The summed E-state index contributed by atoms with van der Waals surface area (Å²) < 4.78 is 1.90. The Kier molecular flexibility index (Phi) is 4.62. The summed E-state index contributed by atoms with van der Waals surface area (Å²) in [6, 6.07) is 9.90. The van der Waals surface area contributed by atoms with Crippen LogP contribution in [0.2, 0.25) is 0 Å². The van der Waals surface area contributed by atoms with Gasteiger partial charge in [0.15, 0.2) is 0 Å². The molecular weight excluding hydrogens is 264 g/mol. The minimum atomic E-state index is -0.406. The second-order valence-corrected chi connectivity index (χ2v) is 5.81. The van der Waals surface area contributed by atoms with Crippen LogP contribution in [0.25, 0.3) is 0 Å². The number of aliphatic hydroxyl groups is 1. The molecule has 112 valence electrons. The van der Waals surface area contributed by atoms with E-state index in [4.69, 9.17) is 0 Å². The summed E-state index contributed by atoms with van der Waals surface area (Å²) in [4.78, 5) is 6.36. The number of likely N-dealkylation sites (tertiary alicyclic amines) is 1. The molecule has 5 nitrogen and oxygen atoms in total. The van der Waals surface area contributed by atoms with Gasteiger partial charge in [-0.2, -0.15) is 5.10 Å². The average molecular weight is 286 g/mol. The van der Waals surface area contributed by atoms with Gasteiger partial charge in [-0.15, -0.1) is 0 Å². The molecule has 1 fully saturated rings. The first-order valence-corrected chi connectivity index (χ1v) is 7.59. The van der Waals surface area contributed by atoms with E-state index in [2.05, 4.69) is 15.0 Å². The largest absolute Gasteiger partial charge is 0.387 e. The van der Waals surface area contributed by atoms with Crippen molar-refractivity contribution in [3.63, 3.8) is 0 Å². The van der Waals surface area contributed by atoms with Crippen LogP contribution in [-0.4, -0.2) is 44.4 Å². The van der Waals surface area contributed by atoms with Gasteiger partial charge in [0, 0.05) is 19.6 Å². The zero-order valence-electron chi connectivity index (χ0n) is 12.2. The highest BCUT2D eigenvalue weighted by Gasteiger charge is 2.22. The normalized spacial score (nSPS) is 21.3. The smallest absolute Gasteiger partial charge is 0.137 e. The van der Waals surface area contributed by atoms with Crippen LogP contribution in [0.1, 0.15) is 24.5 Å². The van der Waals surface area contributed by atoms with Crippen molar-refractivity contribution in [1.82, 2.24) is 19.7 Å². The summed E-state index contributed by atoms with van der Waals surface area (Å²) in [7, 11) is 0. The summed E-state index contributed by atoms with van der Waals surface area (Å²) in [6.45, 7) is 3.71. The van der Waals surface area contributed by atoms with E-state index in [0.29, 0.717) is 12.5 Å². The molecule has 21 heavy (non-hydrogen) atoms. The number of nitrogens with zero attached hydrogens (tertiary/aromatic N) is 4. The van der Waals surface area contributed by atoms with Crippen LogP contribution >= 0.6 is 0 Å². The third-order valence-electron chi connectivity index (χ3n) is 4.13. The molecule has 1 aliphatic rings. The maximum absolute atomic E-state index is 10.3. The molecule has 0 aliphatic carbocycles. The average Bonchev–Trinajstić information content (AvgIpc) is 3.01. The highest BCUT2D eigenvalue weighted by molar-refractivity contribution is 5.17. The van der Waals surface area contributed by atoms with E-state index in [9.17, 15) is 5.11 Å². The number of piperidine rings is 1. The molecule has 1 aliphatic heterocycles. The van der Waals surface area contributed by atoms with Crippen LogP contribution < -0.4 is 0 Å². The Hall–Kier alpha value is -1.72. The number of hydrogen-bond acceptors (Lipinski definition) is 4. The SMILES string of the molecule is OC(CN1CCCC(Cn2cncn2)C1)c1ccccc1. The van der Waals surface area contributed by atoms with Crippen molar-refractivity contribution in [3.8, 4) is 0 Å². The minimum Gasteiger partial charge on any atom is -0.387 e. The fourth-order valence-electron chi connectivity index (χ4n) is 3.08. The van der Waals surface area contributed by atoms with Crippen LogP contribution in [0.5, 0.6) is 0 Å². The zero-order chi connectivity index (χ0) is 14.5. The standard InChI is InChI=1S/C16H22N4O/c21-16(15-6-2-1-3-7-15)11-19-8-4-5-14(9-19)10-20-13-17-12-18-20/h1-3,6-7,12-14,16,21H,4-5,8-11H2. The van der Waals surface area contributed by atoms with Gasteiger partial charge in [-0.1, -0.05) is 30.3 Å². The topological polar surface area (TPSA) is 54.2 Å². The molecule has 2 heterocycles. The van der Waals surface area contributed by atoms with Crippen molar-refractivity contribution in [2.24, 2.45) is 5.92 Å². The molecule has 0 amide bonds. The number of benzene rings is 1. The van der Waals surface area contributed by atoms with Gasteiger partial charge in [-0.25, -0.2) is 4.98 Å². The van der Waals surface area contributed by atoms with Gasteiger partial charge < -0.3 is 10.0 Å². The van der Waals surface area contributed by atoms with Gasteiger partial charge in [0.1, 0.15) is 12.7 Å². The van der Waals surface area contributed by atoms with E-state index in [-0.39, 0.29) is 0 Å². The van der Waals surface area contributed by atoms with Crippen LogP contribution in [0.15, 0.2) is 43.0 Å². The molecule has 3 rings (SSSR count). The van der Waals surface area contributed by atoms with E-state index in [1.54, 1.807) is 12.7 Å². The molecule has 2 unspecified atom stereocenters. The Labute approximate surface area is 125 Å². The molecule has 1 aromatic heterocycles. The van der Waals surface area contributed by atoms with Crippen LogP contribution in [0.3, 0.4) is 0 Å². The third kappa shape index (κ3) is 3.89. The van der Waals surface area contributed by atoms with E-state index in [1.165, 1.54) is 12.8 Å². The minimum absolute atomic E-state index is 0.406. The molecule has 1 saturated heterocycles. The van der Waals surface area contributed by atoms with Crippen LogP contribution in [0, 0.1) is 5.92 Å². The lowest BCUT2D eigenvalue weighted by atomic mass is 9.97. The Morgan fingerprint density at radius 3 is 2.90 bits per heavy atom. The summed E-state index contributed by atoms with van der Waals surface area (Å²) in [5.74, 6) is 0.587. The second-order valence-electron chi connectivity index (χ2n) is 5.81. The predicted molar refractivity (Wildman–Crippen MR) is 80.6 cm³/mol. The molecule has 2 atom stereocenters. The van der Waals surface area contributed by atoms with Crippen LogP contribution in [-0.2, 0) is 6.54 Å². The van der Waals surface area contributed by atoms with Gasteiger partial charge in [-0.3, -0.25) is 4.68 Å². The van der Waals surface area contributed by atoms with Crippen molar-refractivity contribution in [2.45, 2.75) is 25.5 Å². The number of hydrogen-bond donors (Lipinski definition) is 1. The number of rotatable bonds is 5. The molecule has 1 aromatic carbocycles. The zero-order valence-corrected chi connectivity index (χ0v) is 12.2. The molecule has 1 N–H and O–H groups in total. The maximum atomic E-state index is 10.3. The highest BCUT2D eigenvalue weighted by atomic mass is 16.3. The quantitative estimate of drug-likeness (QED) is 0.909. The van der Waals surface area contributed by atoms with Crippen molar-refractivity contribution in [2.75, 3.05) is 19.6 Å². The van der Waals surface area contributed by atoms with Gasteiger partial charge in [0.25, 0.3) is 0 Å². The van der Waals surface area contributed by atoms with E-state index in [1.807, 2.05) is 35.0 Å². The molecule has 0 bridgehead atoms. The van der Waals surface area contributed by atoms with Crippen molar-refractivity contribution >= 4 is 0 Å². The predicted octanol–water partition coefficient (Wildman–Crippen LogP) is 1.72. The van der Waals surface area contributed by atoms with Crippen LogP contribution in [0.4, 0.5) is 0 Å². The lowest BCUT2D eigenvalue weighted by Crippen LogP contribution is -2.39. The fourth-order valence-corrected chi connectivity index (χ4v) is 3.08. The van der Waals surface area contributed by atoms with E-state index in [0.717, 1.165) is 25.2 Å². The third-order valence-corrected chi connectivity index (χ3v) is 4.13. The monoisotopic (exact) mass is 286 g/mol. The first-order chi connectivity index (χ1) is 10.3. The number of aliphatic hydroxyl groups excluding tert-OH is 1. The Morgan fingerprint density at radius 2 is 2.14 bits per heavy atom. The van der Waals surface area contributed by atoms with Crippen molar-refractivity contribution in [3.05, 3.63) is 48.5 Å². The Morgan fingerprint density at radius 1 is 1.29 bits per heavy atom. The first kappa shape index (κ1) is 14.2. The van der Waals surface area contributed by atoms with E-state index < -0.39 is 6.10 Å². The van der Waals surface area contributed by atoms with E-state index >= 15 is 0 Å². The molecule has 2 aromatic rings. The summed E-state index contributed by atoms with van der Waals surface area (Å²) in [6.07, 6.45) is 5.35. The second kappa shape index (κ2) is 6.83. The number of aromatic nitrogens is 3. The summed E-state index contributed by atoms with van der Waals surface area (Å²) >= 11 is 0. The van der Waals surface area contributed by atoms with Gasteiger partial charge >= 0.3 is 0 Å². The summed E-state index contributed by atoms with van der Waals surface area (Å²) in [5.41, 5.74) is 0.996. The Balaban J connectivity index is 1.54. The van der Waals surface area contributed by atoms with Gasteiger partial charge in [0.2, 0.25) is 0 Å². The van der Waals surface area contributed by atoms with Crippen molar-refractivity contribution in [1.29, 1.82) is 0 Å².